The van der Waals surface area contributed by atoms with Crippen molar-refractivity contribution in [1.29, 1.82) is 0 Å². The van der Waals surface area contributed by atoms with Gasteiger partial charge in [0.05, 0.1) is 6.10 Å². The molecule has 1 aromatic carbocycles. The fraction of sp³-hybridized carbons (Fsp3) is 0.421. The van der Waals surface area contributed by atoms with E-state index in [1.54, 1.807) is 24.3 Å². The van der Waals surface area contributed by atoms with E-state index in [-0.39, 0.29) is 29.8 Å². The number of nitrogens with zero attached hydrogens (tertiary/aromatic N) is 1. The first-order valence-electron chi connectivity index (χ1n) is 8.97. The van der Waals surface area contributed by atoms with Crippen molar-refractivity contribution in [2.24, 2.45) is 5.92 Å². The number of carboxylic acid groups (broad SMARTS) is 1. The summed E-state index contributed by atoms with van der Waals surface area (Å²) in [5.74, 6) is -1.99. The number of carboxylic acids is 1. The first-order chi connectivity index (χ1) is 13.3. The van der Waals surface area contributed by atoms with Crippen LogP contribution in [0.1, 0.15) is 19.3 Å². The number of hydrogen-bond donors (Lipinski definition) is 3. The third-order valence-corrected chi connectivity index (χ3v) is 5.07. The predicted molar refractivity (Wildman–Crippen MR) is 100 cm³/mol. The zero-order valence-corrected chi connectivity index (χ0v) is 15.8. The maximum atomic E-state index is 12.6. The van der Waals surface area contributed by atoms with E-state index in [0.29, 0.717) is 18.1 Å². The van der Waals surface area contributed by atoms with Crippen LogP contribution in [0.2, 0.25) is 5.02 Å². The van der Waals surface area contributed by atoms with Crippen LogP contribution < -0.4 is 10.1 Å². The van der Waals surface area contributed by atoms with Crippen molar-refractivity contribution in [3.63, 3.8) is 0 Å². The van der Waals surface area contributed by atoms with E-state index in [0.717, 1.165) is 18.6 Å². The Morgan fingerprint density at radius 2 is 1.93 bits per heavy atom. The summed E-state index contributed by atoms with van der Waals surface area (Å²) in [6, 6.07) is 7.13. The molecule has 0 radical (unpaired) electrons. The van der Waals surface area contributed by atoms with Gasteiger partial charge in [0.15, 0.2) is 0 Å². The fourth-order valence-corrected chi connectivity index (χ4v) is 3.46. The van der Waals surface area contributed by atoms with Gasteiger partial charge in [-0.15, -0.1) is 0 Å². The summed E-state index contributed by atoms with van der Waals surface area (Å²) in [6.07, 6.45) is 1.79. The number of aliphatic hydroxyl groups is 1. The number of nitrogens with one attached hydrogen (secondary N) is 1. The van der Waals surface area contributed by atoms with E-state index < -0.39 is 24.3 Å². The van der Waals surface area contributed by atoms with Crippen LogP contribution in [0.25, 0.3) is 0 Å². The van der Waals surface area contributed by atoms with Crippen molar-refractivity contribution in [3.8, 4) is 5.75 Å². The van der Waals surface area contributed by atoms with E-state index in [1.165, 1.54) is 4.90 Å². The molecule has 1 fully saturated rings. The molecule has 2 aliphatic rings. The highest BCUT2D eigenvalue weighted by atomic mass is 35.5. The summed E-state index contributed by atoms with van der Waals surface area (Å²) in [6.45, 7) is 0.164. The Morgan fingerprint density at radius 1 is 1.25 bits per heavy atom. The van der Waals surface area contributed by atoms with Gasteiger partial charge in [-0.1, -0.05) is 11.6 Å². The molecule has 0 saturated heterocycles. The summed E-state index contributed by atoms with van der Waals surface area (Å²) in [4.78, 5) is 36.7. The van der Waals surface area contributed by atoms with Crippen molar-refractivity contribution in [1.82, 2.24) is 10.2 Å². The second-order valence-electron chi connectivity index (χ2n) is 6.93. The Kier molecular flexibility index (Phi) is 6.08. The monoisotopic (exact) mass is 408 g/mol. The molecule has 2 amide bonds. The van der Waals surface area contributed by atoms with E-state index in [2.05, 4.69) is 5.32 Å². The molecule has 0 unspecified atom stereocenters. The van der Waals surface area contributed by atoms with Gasteiger partial charge in [-0.25, -0.2) is 0 Å². The molecule has 1 heterocycles. The van der Waals surface area contributed by atoms with E-state index in [1.807, 2.05) is 0 Å². The number of aliphatic carboxylic acids is 1. The van der Waals surface area contributed by atoms with Gasteiger partial charge in [-0.3, -0.25) is 14.4 Å². The molecular weight excluding hydrogens is 388 g/mol. The number of ether oxygens (including phenoxy) is 1. The molecule has 1 aliphatic heterocycles. The minimum atomic E-state index is -1.23. The zero-order valence-electron chi connectivity index (χ0n) is 15.1. The van der Waals surface area contributed by atoms with Crippen LogP contribution in [0, 0.1) is 5.92 Å². The van der Waals surface area contributed by atoms with E-state index >= 15 is 0 Å². The molecule has 1 saturated carbocycles. The van der Waals surface area contributed by atoms with Crippen molar-refractivity contribution < 1.29 is 29.3 Å². The number of halogens is 1. The first-order valence-corrected chi connectivity index (χ1v) is 9.35. The Hall–Kier alpha value is -2.74. The van der Waals surface area contributed by atoms with Crippen LogP contribution >= 0.6 is 11.6 Å². The van der Waals surface area contributed by atoms with Crippen LogP contribution in [0.5, 0.6) is 5.75 Å². The van der Waals surface area contributed by atoms with Gasteiger partial charge in [0, 0.05) is 24.5 Å². The highest BCUT2D eigenvalue weighted by molar-refractivity contribution is 6.30. The normalized spacial score (nSPS) is 21.9. The largest absolute Gasteiger partial charge is 0.511 e. The number of hydrogen-bond acceptors (Lipinski definition) is 5. The van der Waals surface area contributed by atoms with Crippen LogP contribution in [0.15, 0.2) is 35.6 Å². The predicted octanol–water partition coefficient (Wildman–Crippen LogP) is 1.74. The second-order valence-corrected chi connectivity index (χ2v) is 7.37. The molecular formula is C19H21ClN2O6. The second kappa shape index (κ2) is 8.52. The third-order valence-electron chi connectivity index (χ3n) is 4.82. The van der Waals surface area contributed by atoms with Crippen LogP contribution in [0.4, 0.5) is 0 Å². The number of amides is 2. The Bertz CT molecular complexity index is 801. The van der Waals surface area contributed by atoms with Crippen LogP contribution in [-0.4, -0.2) is 58.6 Å². The van der Waals surface area contributed by atoms with Crippen molar-refractivity contribution >= 4 is 29.4 Å². The number of carbonyl (C=O) groups excluding carboxylic acids is 2. The fourth-order valence-electron chi connectivity index (χ4n) is 3.33. The molecule has 1 aromatic rings. The summed E-state index contributed by atoms with van der Waals surface area (Å²) < 4.78 is 5.85. The standard InChI is InChI=1S/C19H21ClN2O6/c20-12-1-3-13(4-2-12)28-14-7-11(8-14)10-22-6-5-15(23)17(19(22)27)18(26)21-9-16(24)25/h1-4,11,14,23H,5-10H2,(H,21,26)(H,24,25)/t11-,14+. The molecule has 1 aliphatic carbocycles. The minimum Gasteiger partial charge on any atom is -0.511 e. The maximum absolute atomic E-state index is 12.6. The SMILES string of the molecule is O=C(O)CNC(=O)C1=C(O)CCN(C[C@H]2C[C@@H](Oc3ccc(Cl)cc3)C2)C1=O. The Morgan fingerprint density at radius 3 is 2.57 bits per heavy atom. The van der Waals surface area contributed by atoms with Gasteiger partial charge >= 0.3 is 5.97 Å². The lowest BCUT2D eigenvalue weighted by molar-refractivity contribution is -0.139. The van der Waals surface area contributed by atoms with Crippen molar-refractivity contribution in [2.45, 2.75) is 25.4 Å². The van der Waals surface area contributed by atoms with E-state index in [4.69, 9.17) is 21.4 Å². The summed E-state index contributed by atoms with van der Waals surface area (Å²) >= 11 is 5.85. The van der Waals surface area contributed by atoms with Crippen molar-refractivity contribution in [2.75, 3.05) is 19.6 Å². The zero-order chi connectivity index (χ0) is 20.3. The quantitative estimate of drug-likeness (QED) is 0.592. The van der Waals surface area contributed by atoms with E-state index in [9.17, 15) is 19.5 Å². The number of benzene rings is 1. The van der Waals surface area contributed by atoms with Crippen LogP contribution in [0.3, 0.4) is 0 Å². The number of carbonyl (C=O) groups is 3. The Balaban J connectivity index is 1.50. The summed E-state index contributed by atoms with van der Waals surface area (Å²) in [7, 11) is 0. The molecule has 0 spiro atoms. The maximum Gasteiger partial charge on any atom is 0.322 e. The average Bonchev–Trinajstić information content (AvgIpc) is 2.61. The van der Waals surface area contributed by atoms with Crippen LogP contribution in [-0.2, 0) is 14.4 Å². The lowest BCUT2D eigenvalue weighted by Gasteiger charge is -2.39. The lowest BCUT2D eigenvalue weighted by atomic mass is 9.81. The van der Waals surface area contributed by atoms with Gasteiger partial charge in [-0.2, -0.15) is 0 Å². The molecule has 0 bridgehead atoms. The molecule has 150 valence electrons. The third kappa shape index (κ3) is 4.75. The molecule has 8 nitrogen and oxygen atoms in total. The topological polar surface area (TPSA) is 116 Å². The number of rotatable bonds is 7. The van der Waals surface area contributed by atoms with Crippen molar-refractivity contribution in [3.05, 3.63) is 40.6 Å². The minimum absolute atomic E-state index is 0.0633. The molecule has 3 rings (SSSR count). The van der Waals surface area contributed by atoms with Gasteiger partial charge in [0.1, 0.15) is 23.6 Å². The number of aliphatic hydroxyl groups excluding tert-OH is 1. The molecule has 0 aromatic heterocycles. The lowest BCUT2D eigenvalue weighted by Crippen LogP contribution is -2.48. The summed E-state index contributed by atoms with van der Waals surface area (Å²) in [5, 5.41) is 21.3. The molecule has 3 N–H and O–H groups in total. The highest BCUT2D eigenvalue weighted by Crippen LogP contribution is 2.33. The van der Waals surface area contributed by atoms with Gasteiger partial charge in [0.25, 0.3) is 11.8 Å². The first kappa shape index (κ1) is 20.0. The highest BCUT2D eigenvalue weighted by Gasteiger charge is 2.37. The molecule has 0 atom stereocenters. The Labute approximate surface area is 166 Å². The van der Waals surface area contributed by atoms with Gasteiger partial charge in [-0.05, 0) is 43.0 Å². The summed E-state index contributed by atoms with van der Waals surface area (Å²) in [5.41, 5.74) is -0.374. The molecule has 9 heteroatoms. The van der Waals surface area contributed by atoms with Gasteiger partial charge in [0.2, 0.25) is 0 Å². The van der Waals surface area contributed by atoms with Gasteiger partial charge < -0.3 is 25.2 Å². The smallest absolute Gasteiger partial charge is 0.322 e. The average molecular weight is 409 g/mol. The molecule has 28 heavy (non-hydrogen) atoms.